The summed E-state index contributed by atoms with van der Waals surface area (Å²) in [6.07, 6.45) is 1.71. The van der Waals surface area contributed by atoms with Crippen LogP contribution in [0, 0.1) is 6.92 Å². The van der Waals surface area contributed by atoms with Crippen LogP contribution in [0.15, 0.2) is 36.7 Å². The number of carboxylic acid groups (broad SMARTS) is 1. The van der Waals surface area contributed by atoms with E-state index in [2.05, 4.69) is 9.97 Å². The first-order valence-electron chi connectivity index (χ1n) is 6.25. The zero-order valence-corrected chi connectivity index (χ0v) is 11.4. The van der Waals surface area contributed by atoms with Crippen LogP contribution < -0.4 is 4.74 Å². The van der Waals surface area contributed by atoms with E-state index in [0.29, 0.717) is 18.0 Å². The number of methoxy groups -OCH3 is 1. The van der Waals surface area contributed by atoms with Crippen molar-refractivity contribution in [1.82, 2.24) is 9.97 Å². The maximum atomic E-state index is 11.5. The number of hydrogen-bond acceptors (Lipinski definition) is 4. The summed E-state index contributed by atoms with van der Waals surface area (Å²) in [6, 6.07) is 9.31. The third-order valence-electron chi connectivity index (χ3n) is 3.21. The lowest BCUT2D eigenvalue weighted by Gasteiger charge is -2.14. The van der Waals surface area contributed by atoms with Crippen LogP contribution in [0.5, 0.6) is 5.88 Å². The first-order chi connectivity index (χ1) is 9.61. The summed E-state index contributed by atoms with van der Waals surface area (Å²) in [5.41, 5.74) is 2.52. The lowest BCUT2D eigenvalue weighted by atomic mass is 9.93. The molecule has 2 rings (SSSR count). The molecule has 1 aromatic carbocycles. The van der Waals surface area contributed by atoms with Crippen LogP contribution in [0.3, 0.4) is 0 Å². The highest BCUT2D eigenvalue weighted by molar-refractivity contribution is 5.76. The van der Waals surface area contributed by atoms with Gasteiger partial charge in [0.2, 0.25) is 5.88 Å². The molecule has 1 aromatic heterocycles. The Morgan fingerprint density at radius 3 is 2.75 bits per heavy atom. The number of aryl methyl sites for hydroxylation is 1. The Bertz CT molecular complexity index is 614. The molecule has 0 saturated heterocycles. The predicted octanol–water partition coefficient (Wildman–Crippen LogP) is 2.20. The van der Waals surface area contributed by atoms with E-state index in [4.69, 9.17) is 4.74 Å². The number of carbonyl (C=O) groups is 1. The zero-order chi connectivity index (χ0) is 14.5. The van der Waals surface area contributed by atoms with Gasteiger partial charge in [-0.05, 0) is 24.5 Å². The van der Waals surface area contributed by atoms with E-state index in [1.807, 2.05) is 31.2 Å². The van der Waals surface area contributed by atoms with E-state index in [0.717, 1.165) is 11.1 Å². The summed E-state index contributed by atoms with van der Waals surface area (Å²) >= 11 is 0. The van der Waals surface area contributed by atoms with Crippen LogP contribution in [-0.4, -0.2) is 28.2 Å². The first-order valence-corrected chi connectivity index (χ1v) is 6.25. The molecule has 104 valence electrons. The van der Waals surface area contributed by atoms with Gasteiger partial charge in [0.05, 0.1) is 12.8 Å². The molecule has 1 N–H and O–H groups in total. The minimum atomic E-state index is -0.908. The maximum Gasteiger partial charge on any atom is 0.312 e. The summed E-state index contributed by atoms with van der Waals surface area (Å²) < 4.78 is 5.01. The molecule has 1 unspecified atom stereocenters. The second kappa shape index (κ2) is 6.14. The Morgan fingerprint density at radius 1 is 1.35 bits per heavy atom. The van der Waals surface area contributed by atoms with Crippen molar-refractivity contribution in [3.05, 3.63) is 53.5 Å². The number of rotatable bonds is 5. The third-order valence-corrected chi connectivity index (χ3v) is 3.21. The summed E-state index contributed by atoms with van der Waals surface area (Å²) in [5, 5.41) is 9.44. The van der Waals surface area contributed by atoms with Crippen LogP contribution in [-0.2, 0) is 11.2 Å². The molecule has 0 fully saturated rings. The van der Waals surface area contributed by atoms with Crippen molar-refractivity contribution in [1.29, 1.82) is 0 Å². The van der Waals surface area contributed by atoms with Gasteiger partial charge in [-0.15, -0.1) is 0 Å². The van der Waals surface area contributed by atoms with Gasteiger partial charge in [0.25, 0.3) is 0 Å². The summed E-state index contributed by atoms with van der Waals surface area (Å²) in [7, 11) is 1.49. The molecule has 1 atom stereocenters. The van der Waals surface area contributed by atoms with Gasteiger partial charge < -0.3 is 9.84 Å². The number of aromatic nitrogens is 2. The van der Waals surface area contributed by atoms with Gasteiger partial charge in [-0.1, -0.05) is 24.3 Å². The monoisotopic (exact) mass is 272 g/mol. The molecule has 0 radical (unpaired) electrons. The highest BCUT2D eigenvalue weighted by Crippen LogP contribution is 2.23. The van der Waals surface area contributed by atoms with E-state index in [1.165, 1.54) is 13.4 Å². The van der Waals surface area contributed by atoms with Gasteiger partial charge in [0.15, 0.2) is 0 Å². The standard InChI is InChI=1S/C15H16N2O3/c1-10-5-3-4-6-11(10)7-12(15(18)19)13-8-14(20-2)17-9-16-13/h3-6,8-9,12H,7H2,1-2H3,(H,18,19). The van der Waals surface area contributed by atoms with Crippen molar-refractivity contribution in [2.24, 2.45) is 0 Å². The average Bonchev–Trinajstić information content (AvgIpc) is 2.46. The molecule has 0 aliphatic carbocycles. The van der Waals surface area contributed by atoms with Crippen LogP contribution in [0.1, 0.15) is 22.7 Å². The van der Waals surface area contributed by atoms with E-state index < -0.39 is 11.9 Å². The quantitative estimate of drug-likeness (QED) is 0.903. The van der Waals surface area contributed by atoms with Crippen molar-refractivity contribution in [2.75, 3.05) is 7.11 Å². The van der Waals surface area contributed by atoms with Crippen LogP contribution >= 0.6 is 0 Å². The molecule has 0 amide bonds. The van der Waals surface area contributed by atoms with Crippen LogP contribution in [0.25, 0.3) is 0 Å². The first kappa shape index (κ1) is 14.0. The number of aliphatic carboxylic acids is 1. The SMILES string of the molecule is COc1cc(C(Cc2ccccc2C)C(=O)O)ncn1. The Kier molecular flexibility index (Phi) is 4.30. The molecule has 0 aliphatic rings. The molecule has 1 heterocycles. The third kappa shape index (κ3) is 3.12. The van der Waals surface area contributed by atoms with Gasteiger partial charge in [-0.3, -0.25) is 4.79 Å². The van der Waals surface area contributed by atoms with Gasteiger partial charge in [0, 0.05) is 6.07 Å². The van der Waals surface area contributed by atoms with Gasteiger partial charge in [-0.2, -0.15) is 0 Å². The fraction of sp³-hybridized carbons (Fsp3) is 0.267. The fourth-order valence-corrected chi connectivity index (χ4v) is 2.03. The van der Waals surface area contributed by atoms with E-state index in [9.17, 15) is 9.90 Å². The molecular weight excluding hydrogens is 256 g/mol. The van der Waals surface area contributed by atoms with Crippen molar-refractivity contribution < 1.29 is 14.6 Å². The topological polar surface area (TPSA) is 72.3 Å². The smallest absolute Gasteiger partial charge is 0.312 e. The minimum Gasteiger partial charge on any atom is -0.481 e. The van der Waals surface area contributed by atoms with Crippen molar-refractivity contribution in [2.45, 2.75) is 19.3 Å². The zero-order valence-electron chi connectivity index (χ0n) is 11.4. The summed E-state index contributed by atoms with van der Waals surface area (Å²) in [5.74, 6) is -1.26. The molecule has 5 nitrogen and oxygen atoms in total. The van der Waals surface area contributed by atoms with Crippen molar-refractivity contribution in [3.63, 3.8) is 0 Å². The molecule has 0 spiro atoms. The minimum absolute atomic E-state index is 0.367. The highest BCUT2D eigenvalue weighted by Gasteiger charge is 2.23. The van der Waals surface area contributed by atoms with Gasteiger partial charge in [-0.25, -0.2) is 9.97 Å². The van der Waals surface area contributed by atoms with Gasteiger partial charge >= 0.3 is 5.97 Å². The fourth-order valence-electron chi connectivity index (χ4n) is 2.03. The average molecular weight is 272 g/mol. The molecule has 5 heteroatoms. The Labute approximate surface area is 117 Å². The number of nitrogens with zero attached hydrogens (tertiary/aromatic N) is 2. The number of benzene rings is 1. The van der Waals surface area contributed by atoms with E-state index in [-0.39, 0.29) is 0 Å². The molecular formula is C15H16N2O3. The molecule has 20 heavy (non-hydrogen) atoms. The highest BCUT2D eigenvalue weighted by atomic mass is 16.5. The van der Waals surface area contributed by atoms with E-state index >= 15 is 0 Å². The normalized spacial score (nSPS) is 11.9. The Hall–Kier alpha value is -2.43. The second-order valence-electron chi connectivity index (χ2n) is 4.51. The lowest BCUT2D eigenvalue weighted by molar-refractivity contribution is -0.138. The molecule has 0 saturated carbocycles. The maximum absolute atomic E-state index is 11.5. The molecule has 0 bridgehead atoms. The number of ether oxygens (including phenoxy) is 1. The van der Waals surface area contributed by atoms with E-state index in [1.54, 1.807) is 6.07 Å². The lowest BCUT2D eigenvalue weighted by Crippen LogP contribution is -2.16. The summed E-state index contributed by atoms with van der Waals surface area (Å²) in [6.45, 7) is 1.97. The number of hydrogen-bond donors (Lipinski definition) is 1. The second-order valence-corrected chi connectivity index (χ2v) is 4.51. The molecule has 2 aromatic rings. The number of carboxylic acids is 1. The van der Waals surface area contributed by atoms with Gasteiger partial charge in [0.1, 0.15) is 12.2 Å². The Morgan fingerprint density at radius 2 is 2.10 bits per heavy atom. The van der Waals surface area contributed by atoms with Crippen LogP contribution in [0.4, 0.5) is 0 Å². The van der Waals surface area contributed by atoms with Crippen LogP contribution in [0.2, 0.25) is 0 Å². The molecule has 0 aliphatic heterocycles. The van der Waals surface area contributed by atoms with Crippen molar-refractivity contribution in [3.8, 4) is 5.88 Å². The Balaban J connectivity index is 2.32. The summed E-state index contributed by atoms with van der Waals surface area (Å²) in [4.78, 5) is 19.5. The largest absolute Gasteiger partial charge is 0.481 e. The van der Waals surface area contributed by atoms with Crippen molar-refractivity contribution >= 4 is 5.97 Å². The predicted molar refractivity (Wildman–Crippen MR) is 73.8 cm³/mol.